The maximum absolute atomic E-state index is 12.3. The fourth-order valence-electron chi connectivity index (χ4n) is 2.79. The van der Waals surface area contributed by atoms with Crippen molar-refractivity contribution < 1.29 is 14.3 Å². The molecule has 0 radical (unpaired) electrons. The maximum atomic E-state index is 12.3. The molecule has 1 atom stereocenters. The highest BCUT2D eigenvalue weighted by atomic mass is 35.5. The van der Waals surface area contributed by atoms with Gasteiger partial charge in [0.05, 0.1) is 6.04 Å². The quantitative estimate of drug-likeness (QED) is 0.732. The van der Waals surface area contributed by atoms with E-state index in [1.807, 2.05) is 32.9 Å². The van der Waals surface area contributed by atoms with E-state index in [0.717, 1.165) is 36.9 Å². The molecule has 1 saturated heterocycles. The third kappa shape index (κ3) is 6.84. The van der Waals surface area contributed by atoms with Gasteiger partial charge in [0.2, 0.25) is 5.91 Å². The van der Waals surface area contributed by atoms with Crippen LogP contribution in [0.5, 0.6) is 0 Å². The second kappa shape index (κ2) is 9.24. The summed E-state index contributed by atoms with van der Waals surface area (Å²) in [6.07, 6.45) is 2.55. The summed E-state index contributed by atoms with van der Waals surface area (Å²) in [7, 11) is 0. The van der Waals surface area contributed by atoms with Crippen molar-refractivity contribution in [2.45, 2.75) is 64.8 Å². The van der Waals surface area contributed by atoms with Crippen molar-refractivity contribution in [3.8, 4) is 0 Å². The molecular formula is C19H28ClN3O3. The number of piperidine rings is 1. The van der Waals surface area contributed by atoms with Crippen LogP contribution in [0.1, 0.15) is 51.2 Å². The van der Waals surface area contributed by atoms with Crippen molar-refractivity contribution in [2.75, 3.05) is 6.54 Å². The molecule has 1 aliphatic heterocycles. The van der Waals surface area contributed by atoms with E-state index >= 15 is 0 Å². The van der Waals surface area contributed by atoms with E-state index in [9.17, 15) is 9.59 Å². The molecule has 0 spiro atoms. The molecule has 1 fully saturated rings. The summed E-state index contributed by atoms with van der Waals surface area (Å²) in [5.74, 6) is -0.00396. The van der Waals surface area contributed by atoms with Crippen LogP contribution in [0.4, 0.5) is 4.79 Å². The Kier molecular flexibility index (Phi) is 7.29. The van der Waals surface area contributed by atoms with Gasteiger partial charge in [0.15, 0.2) is 0 Å². The topological polar surface area (TPSA) is 79.5 Å². The molecule has 144 valence electrons. The van der Waals surface area contributed by atoms with Crippen molar-refractivity contribution in [3.05, 3.63) is 34.3 Å². The van der Waals surface area contributed by atoms with Crippen molar-refractivity contribution in [3.63, 3.8) is 0 Å². The first-order chi connectivity index (χ1) is 12.2. The molecule has 3 N–H and O–H groups in total. The lowest BCUT2D eigenvalue weighted by molar-refractivity contribution is -0.123. The molecular weight excluding hydrogens is 354 g/mol. The lowest BCUT2D eigenvalue weighted by Crippen LogP contribution is -2.46. The molecule has 1 aromatic carbocycles. The molecule has 2 amide bonds. The standard InChI is InChI=1S/C19H28ClN3O3/c1-19(2,3)26-18(25)23-11-13-7-8-15(20)10-14(13)12-22-17(24)16-6-4-5-9-21-16/h7-8,10,16,21H,4-6,9,11-12H2,1-3H3,(H,22,24)(H,23,25). The van der Waals surface area contributed by atoms with Gasteiger partial charge in [-0.2, -0.15) is 0 Å². The Morgan fingerprint density at radius 3 is 2.58 bits per heavy atom. The predicted octanol–water partition coefficient (Wildman–Crippen LogP) is 3.12. The minimum atomic E-state index is -0.548. The lowest BCUT2D eigenvalue weighted by atomic mass is 10.0. The zero-order valence-electron chi connectivity index (χ0n) is 15.7. The normalized spacial score (nSPS) is 17.5. The van der Waals surface area contributed by atoms with Gasteiger partial charge in [-0.3, -0.25) is 4.79 Å². The number of halogens is 1. The summed E-state index contributed by atoms with van der Waals surface area (Å²) in [6.45, 7) is 6.99. The average Bonchev–Trinajstić information content (AvgIpc) is 2.58. The zero-order valence-corrected chi connectivity index (χ0v) is 16.4. The molecule has 1 aromatic rings. The van der Waals surface area contributed by atoms with Crippen LogP contribution >= 0.6 is 11.6 Å². The third-order valence-electron chi connectivity index (χ3n) is 4.07. The summed E-state index contributed by atoms with van der Waals surface area (Å²) >= 11 is 6.09. The number of carbonyl (C=O) groups is 2. The Balaban J connectivity index is 1.94. The summed E-state index contributed by atoms with van der Waals surface area (Å²) in [5, 5.41) is 9.52. The number of ether oxygens (including phenoxy) is 1. The largest absolute Gasteiger partial charge is 0.444 e. The molecule has 6 nitrogen and oxygen atoms in total. The first-order valence-electron chi connectivity index (χ1n) is 9.00. The Labute approximate surface area is 160 Å². The summed E-state index contributed by atoms with van der Waals surface area (Å²) < 4.78 is 5.25. The number of benzene rings is 1. The van der Waals surface area contributed by atoms with Gasteiger partial charge in [-0.15, -0.1) is 0 Å². The van der Waals surface area contributed by atoms with E-state index in [0.29, 0.717) is 18.1 Å². The SMILES string of the molecule is CC(C)(C)OC(=O)NCc1ccc(Cl)cc1CNC(=O)C1CCCCN1. The number of rotatable bonds is 5. The fourth-order valence-corrected chi connectivity index (χ4v) is 2.99. The zero-order chi connectivity index (χ0) is 19.2. The highest BCUT2D eigenvalue weighted by Gasteiger charge is 2.20. The van der Waals surface area contributed by atoms with Crippen molar-refractivity contribution in [2.24, 2.45) is 0 Å². The molecule has 7 heteroatoms. The van der Waals surface area contributed by atoms with E-state index in [1.54, 1.807) is 6.07 Å². The Bertz CT molecular complexity index is 637. The van der Waals surface area contributed by atoms with Crippen LogP contribution in [0.3, 0.4) is 0 Å². The van der Waals surface area contributed by atoms with Crippen LogP contribution in [0, 0.1) is 0 Å². The van der Waals surface area contributed by atoms with Crippen LogP contribution in [-0.4, -0.2) is 30.2 Å². The molecule has 0 saturated carbocycles. The van der Waals surface area contributed by atoms with E-state index in [2.05, 4.69) is 16.0 Å². The first-order valence-corrected chi connectivity index (χ1v) is 9.37. The molecule has 0 bridgehead atoms. The molecule has 26 heavy (non-hydrogen) atoms. The third-order valence-corrected chi connectivity index (χ3v) is 4.31. The predicted molar refractivity (Wildman–Crippen MR) is 102 cm³/mol. The van der Waals surface area contributed by atoms with Crippen LogP contribution < -0.4 is 16.0 Å². The van der Waals surface area contributed by atoms with Gasteiger partial charge >= 0.3 is 6.09 Å². The van der Waals surface area contributed by atoms with E-state index < -0.39 is 11.7 Å². The number of nitrogens with one attached hydrogen (secondary N) is 3. The second-order valence-electron chi connectivity index (χ2n) is 7.49. The Hall–Kier alpha value is -1.79. The number of alkyl carbamates (subject to hydrolysis) is 1. The molecule has 0 aliphatic carbocycles. The summed E-state index contributed by atoms with van der Waals surface area (Å²) in [4.78, 5) is 24.1. The van der Waals surface area contributed by atoms with Crippen LogP contribution in [0.15, 0.2) is 18.2 Å². The van der Waals surface area contributed by atoms with E-state index in [1.165, 1.54) is 0 Å². The molecule has 1 unspecified atom stereocenters. The number of hydrogen-bond donors (Lipinski definition) is 3. The molecule has 0 aromatic heterocycles. The van der Waals surface area contributed by atoms with Crippen LogP contribution in [-0.2, 0) is 22.6 Å². The number of carbonyl (C=O) groups excluding carboxylic acids is 2. The van der Waals surface area contributed by atoms with Gasteiger partial charge in [0.25, 0.3) is 0 Å². The van der Waals surface area contributed by atoms with Gasteiger partial charge in [0.1, 0.15) is 5.60 Å². The maximum Gasteiger partial charge on any atom is 0.407 e. The van der Waals surface area contributed by atoms with E-state index in [-0.39, 0.29) is 11.9 Å². The number of hydrogen-bond acceptors (Lipinski definition) is 4. The molecule has 1 aliphatic rings. The van der Waals surface area contributed by atoms with Gasteiger partial charge in [0, 0.05) is 18.1 Å². The summed E-state index contributed by atoms with van der Waals surface area (Å²) in [5.41, 5.74) is 1.21. The minimum absolute atomic E-state index is 0.00396. The average molecular weight is 382 g/mol. The van der Waals surface area contributed by atoms with Crippen molar-refractivity contribution >= 4 is 23.6 Å². The van der Waals surface area contributed by atoms with Gasteiger partial charge in [-0.05, 0) is 63.4 Å². The second-order valence-corrected chi connectivity index (χ2v) is 7.93. The van der Waals surface area contributed by atoms with Crippen LogP contribution in [0.2, 0.25) is 5.02 Å². The van der Waals surface area contributed by atoms with Crippen molar-refractivity contribution in [1.82, 2.24) is 16.0 Å². The van der Waals surface area contributed by atoms with Gasteiger partial charge in [-0.25, -0.2) is 4.79 Å². The van der Waals surface area contributed by atoms with Crippen LogP contribution in [0.25, 0.3) is 0 Å². The first kappa shape index (κ1) is 20.5. The van der Waals surface area contributed by atoms with Gasteiger partial charge in [-0.1, -0.05) is 24.1 Å². The van der Waals surface area contributed by atoms with Gasteiger partial charge < -0.3 is 20.7 Å². The Morgan fingerprint density at radius 2 is 1.92 bits per heavy atom. The smallest absolute Gasteiger partial charge is 0.407 e. The molecule has 1 heterocycles. The number of amides is 2. The fraction of sp³-hybridized carbons (Fsp3) is 0.579. The molecule has 2 rings (SSSR count). The Morgan fingerprint density at radius 1 is 1.19 bits per heavy atom. The summed E-state index contributed by atoms with van der Waals surface area (Å²) in [6, 6.07) is 5.29. The minimum Gasteiger partial charge on any atom is -0.444 e. The monoisotopic (exact) mass is 381 g/mol. The lowest BCUT2D eigenvalue weighted by Gasteiger charge is -2.23. The highest BCUT2D eigenvalue weighted by Crippen LogP contribution is 2.17. The van der Waals surface area contributed by atoms with Crippen molar-refractivity contribution in [1.29, 1.82) is 0 Å². The highest BCUT2D eigenvalue weighted by molar-refractivity contribution is 6.30. The van der Waals surface area contributed by atoms with E-state index in [4.69, 9.17) is 16.3 Å².